The smallest absolute Gasteiger partial charge is 0.260 e. The lowest BCUT2D eigenvalue weighted by atomic mass is 10.0. The molecule has 3 aromatic rings. The molecule has 7 heteroatoms. The summed E-state index contributed by atoms with van der Waals surface area (Å²) in [5.41, 5.74) is 8.92. The van der Waals surface area contributed by atoms with E-state index in [4.69, 9.17) is 22.1 Å². The molecule has 0 saturated heterocycles. The third-order valence-electron chi connectivity index (χ3n) is 4.79. The molecule has 0 aliphatic carbocycles. The number of benzene rings is 2. The molecular weight excluding hydrogens is 366 g/mol. The minimum absolute atomic E-state index is 0.142. The molecule has 0 atom stereocenters. The summed E-state index contributed by atoms with van der Waals surface area (Å²) in [7, 11) is 0. The minimum atomic E-state index is -0.652. The summed E-state index contributed by atoms with van der Waals surface area (Å²) in [6, 6.07) is 12.6. The number of para-hydroxylation sites is 1. The number of fused-ring (bicyclic) bond motifs is 3. The van der Waals surface area contributed by atoms with Crippen molar-refractivity contribution in [2.45, 2.75) is 13.0 Å². The highest BCUT2D eigenvalue weighted by molar-refractivity contribution is 6.31. The SMILES string of the molecule is NC(=O)c1cc(Cl)ccc1OCC(=O)N1CCc2[nH]c3ccccc3c2C1. The van der Waals surface area contributed by atoms with Gasteiger partial charge in [0.1, 0.15) is 5.75 Å². The predicted molar refractivity (Wildman–Crippen MR) is 103 cm³/mol. The lowest BCUT2D eigenvalue weighted by Gasteiger charge is -2.27. The third kappa shape index (κ3) is 3.36. The maximum Gasteiger partial charge on any atom is 0.260 e. The van der Waals surface area contributed by atoms with E-state index in [2.05, 4.69) is 11.1 Å². The van der Waals surface area contributed by atoms with Crippen molar-refractivity contribution < 1.29 is 14.3 Å². The second kappa shape index (κ2) is 6.96. The average Bonchev–Trinajstić information content (AvgIpc) is 3.04. The van der Waals surface area contributed by atoms with Crippen LogP contribution in [0.4, 0.5) is 0 Å². The summed E-state index contributed by atoms with van der Waals surface area (Å²) in [5.74, 6) is -0.539. The predicted octanol–water partition coefficient (Wildman–Crippen LogP) is 2.88. The maximum atomic E-state index is 12.6. The van der Waals surface area contributed by atoms with Crippen LogP contribution in [0.25, 0.3) is 10.9 Å². The molecule has 138 valence electrons. The summed E-state index contributed by atoms with van der Waals surface area (Å²) in [6.07, 6.45) is 0.767. The maximum absolute atomic E-state index is 12.6. The Morgan fingerprint density at radius 2 is 2.04 bits per heavy atom. The van der Waals surface area contributed by atoms with Crippen LogP contribution in [0, 0.1) is 0 Å². The summed E-state index contributed by atoms with van der Waals surface area (Å²) in [4.78, 5) is 29.4. The molecule has 0 radical (unpaired) electrons. The van der Waals surface area contributed by atoms with Crippen LogP contribution in [-0.2, 0) is 17.8 Å². The molecule has 0 bridgehead atoms. The van der Waals surface area contributed by atoms with Gasteiger partial charge in [-0.15, -0.1) is 0 Å². The molecule has 4 rings (SSSR count). The Kier molecular flexibility index (Phi) is 4.49. The number of carbonyl (C=O) groups is 2. The Balaban J connectivity index is 1.48. The number of rotatable bonds is 4. The lowest BCUT2D eigenvalue weighted by Crippen LogP contribution is -2.38. The molecule has 1 aliphatic heterocycles. The number of aromatic nitrogens is 1. The van der Waals surface area contributed by atoms with E-state index in [0.717, 1.165) is 22.9 Å². The molecule has 2 aromatic carbocycles. The molecule has 2 heterocycles. The highest BCUT2D eigenvalue weighted by atomic mass is 35.5. The topological polar surface area (TPSA) is 88.4 Å². The highest BCUT2D eigenvalue weighted by Crippen LogP contribution is 2.28. The van der Waals surface area contributed by atoms with E-state index in [1.165, 1.54) is 11.8 Å². The van der Waals surface area contributed by atoms with Gasteiger partial charge in [-0.05, 0) is 24.3 Å². The molecule has 3 N–H and O–H groups in total. The molecule has 1 aliphatic rings. The van der Waals surface area contributed by atoms with Gasteiger partial charge < -0.3 is 20.4 Å². The fraction of sp³-hybridized carbons (Fsp3) is 0.200. The van der Waals surface area contributed by atoms with E-state index < -0.39 is 5.91 Å². The Morgan fingerprint density at radius 3 is 2.85 bits per heavy atom. The van der Waals surface area contributed by atoms with Crippen LogP contribution in [0.1, 0.15) is 21.6 Å². The van der Waals surface area contributed by atoms with Crippen LogP contribution in [0.2, 0.25) is 5.02 Å². The zero-order valence-electron chi connectivity index (χ0n) is 14.5. The number of amides is 2. The van der Waals surface area contributed by atoms with Crippen molar-refractivity contribution in [3.05, 3.63) is 64.3 Å². The average molecular weight is 384 g/mol. The summed E-state index contributed by atoms with van der Waals surface area (Å²) in [5, 5.41) is 1.52. The Bertz CT molecular complexity index is 1040. The molecule has 0 fully saturated rings. The summed E-state index contributed by atoms with van der Waals surface area (Å²) >= 11 is 5.89. The van der Waals surface area contributed by atoms with Gasteiger partial charge in [0.15, 0.2) is 6.61 Å². The number of hydrogen-bond acceptors (Lipinski definition) is 3. The standard InChI is InChI=1S/C20H18ClN3O3/c21-12-5-6-18(14(9-12)20(22)26)27-11-19(25)24-8-7-17-15(10-24)13-3-1-2-4-16(13)23-17/h1-6,9,23H,7-8,10-11H2,(H2,22,26). The Labute approximate surface area is 160 Å². The van der Waals surface area contributed by atoms with Crippen molar-refractivity contribution in [1.29, 1.82) is 0 Å². The number of carbonyl (C=O) groups excluding carboxylic acids is 2. The first-order valence-electron chi connectivity index (χ1n) is 8.61. The quantitative estimate of drug-likeness (QED) is 0.726. The Hall–Kier alpha value is -2.99. The minimum Gasteiger partial charge on any atom is -0.483 e. The van der Waals surface area contributed by atoms with Gasteiger partial charge >= 0.3 is 0 Å². The van der Waals surface area contributed by atoms with Crippen LogP contribution < -0.4 is 10.5 Å². The first-order chi connectivity index (χ1) is 13.0. The van der Waals surface area contributed by atoms with Crippen LogP contribution in [-0.4, -0.2) is 34.8 Å². The summed E-state index contributed by atoms with van der Waals surface area (Å²) in [6.45, 7) is 0.982. The number of aromatic amines is 1. The molecule has 27 heavy (non-hydrogen) atoms. The molecule has 0 saturated carbocycles. The van der Waals surface area contributed by atoms with Gasteiger partial charge in [-0.2, -0.15) is 0 Å². The number of H-pyrrole nitrogens is 1. The molecule has 6 nitrogen and oxygen atoms in total. The second-order valence-corrected chi connectivity index (χ2v) is 6.92. The zero-order valence-corrected chi connectivity index (χ0v) is 15.3. The molecule has 0 unspecified atom stereocenters. The molecule has 2 amide bonds. The van der Waals surface area contributed by atoms with E-state index in [0.29, 0.717) is 18.1 Å². The van der Waals surface area contributed by atoms with Crippen LogP contribution in [0.3, 0.4) is 0 Å². The van der Waals surface area contributed by atoms with Gasteiger partial charge in [0, 0.05) is 46.7 Å². The van der Waals surface area contributed by atoms with E-state index in [-0.39, 0.29) is 23.8 Å². The van der Waals surface area contributed by atoms with Crippen molar-refractivity contribution >= 4 is 34.3 Å². The number of nitrogens with two attached hydrogens (primary N) is 1. The fourth-order valence-corrected chi connectivity index (χ4v) is 3.60. The van der Waals surface area contributed by atoms with E-state index in [1.807, 2.05) is 18.2 Å². The number of nitrogens with zero attached hydrogens (tertiary/aromatic N) is 1. The first-order valence-corrected chi connectivity index (χ1v) is 8.99. The second-order valence-electron chi connectivity index (χ2n) is 6.49. The number of nitrogens with one attached hydrogen (secondary N) is 1. The van der Waals surface area contributed by atoms with Crippen LogP contribution >= 0.6 is 11.6 Å². The largest absolute Gasteiger partial charge is 0.483 e. The number of hydrogen-bond donors (Lipinski definition) is 2. The monoisotopic (exact) mass is 383 g/mol. The normalized spacial score (nSPS) is 13.4. The van der Waals surface area contributed by atoms with Gasteiger partial charge in [0.2, 0.25) is 0 Å². The lowest BCUT2D eigenvalue weighted by molar-refractivity contribution is -0.134. The number of primary amides is 1. The van der Waals surface area contributed by atoms with Crippen molar-refractivity contribution in [1.82, 2.24) is 9.88 Å². The summed E-state index contributed by atoms with van der Waals surface area (Å²) < 4.78 is 5.57. The van der Waals surface area contributed by atoms with Crippen molar-refractivity contribution in [2.75, 3.05) is 13.2 Å². The molecule has 1 aromatic heterocycles. The highest BCUT2D eigenvalue weighted by Gasteiger charge is 2.24. The fourth-order valence-electron chi connectivity index (χ4n) is 3.43. The molecule has 0 spiro atoms. The zero-order chi connectivity index (χ0) is 19.0. The van der Waals surface area contributed by atoms with Crippen molar-refractivity contribution in [2.24, 2.45) is 5.73 Å². The van der Waals surface area contributed by atoms with Crippen LogP contribution in [0.5, 0.6) is 5.75 Å². The van der Waals surface area contributed by atoms with Gasteiger partial charge in [-0.1, -0.05) is 29.8 Å². The van der Waals surface area contributed by atoms with Crippen molar-refractivity contribution in [3.8, 4) is 5.75 Å². The van der Waals surface area contributed by atoms with Gasteiger partial charge in [-0.25, -0.2) is 0 Å². The first kappa shape index (κ1) is 17.4. The number of halogens is 1. The number of ether oxygens (including phenoxy) is 1. The van der Waals surface area contributed by atoms with Gasteiger partial charge in [-0.3, -0.25) is 9.59 Å². The third-order valence-corrected chi connectivity index (χ3v) is 5.03. The molecular formula is C20H18ClN3O3. The van der Waals surface area contributed by atoms with Gasteiger partial charge in [0.05, 0.1) is 5.56 Å². The van der Waals surface area contributed by atoms with Gasteiger partial charge in [0.25, 0.3) is 11.8 Å². The van der Waals surface area contributed by atoms with E-state index >= 15 is 0 Å². The Morgan fingerprint density at radius 1 is 1.22 bits per heavy atom. The van der Waals surface area contributed by atoms with E-state index in [1.54, 1.807) is 17.0 Å². The van der Waals surface area contributed by atoms with Crippen molar-refractivity contribution in [3.63, 3.8) is 0 Å². The van der Waals surface area contributed by atoms with Crippen LogP contribution in [0.15, 0.2) is 42.5 Å². The van der Waals surface area contributed by atoms with E-state index in [9.17, 15) is 9.59 Å².